The summed E-state index contributed by atoms with van der Waals surface area (Å²) in [4.78, 5) is 12.3. The van der Waals surface area contributed by atoms with Gasteiger partial charge in [0.25, 0.3) is 0 Å². The quantitative estimate of drug-likeness (QED) is 0.574. The van der Waals surface area contributed by atoms with E-state index in [-0.39, 0.29) is 18.1 Å². The minimum absolute atomic E-state index is 0.165. The van der Waals surface area contributed by atoms with Crippen LogP contribution in [0.1, 0.15) is 11.1 Å². The van der Waals surface area contributed by atoms with Crippen LogP contribution in [0.4, 0.5) is 10.2 Å². The Hall–Kier alpha value is -3.47. The number of nitrogens with one attached hydrogen (secondary N) is 1. The maximum Gasteiger partial charge on any atom is 0.229 e. The van der Waals surface area contributed by atoms with Crippen LogP contribution in [-0.4, -0.2) is 15.7 Å². The lowest BCUT2D eigenvalue weighted by Crippen LogP contribution is -2.18. The van der Waals surface area contributed by atoms with Crippen molar-refractivity contribution >= 4 is 22.5 Å². The van der Waals surface area contributed by atoms with Gasteiger partial charge in [-0.05, 0) is 34.0 Å². The van der Waals surface area contributed by atoms with E-state index < -0.39 is 0 Å². The molecule has 4 nitrogen and oxygen atoms in total. The monoisotopic (exact) mass is 359 g/mol. The van der Waals surface area contributed by atoms with Crippen LogP contribution in [0.5, 0.6) is 0 Å². The van der Waals surface area contributed by atoms with Crippen molar-refractivity contribution in [2.75, 3.05) is 5.32 Å². The van der Waals surface area contributed by atoms with Gasteiger partial charge in [0.2, 0.25) is 5.91 Å². The van der Waals surface area contributed by atoms with Gasteiger partial charge < -0.3 is 5.32 Å². The Kier molecular flexibility index (Phi) is 4.66. The van der Waals surface area contributed by atoms with Crippen molar-refractivity contribution in [2.24, 2.45) is 0 Å². The zero-order valence-corrected chi connectivity index (χ0v) is 14.6. The van der Waals surface area contributed by atoms with Gasteiger partial charge in [0.05, 0.1) is 19.2 Å². The van der Waals surface area contributed by atoms with E-state index in [1.807, 2.05) is 18.2 Å². The van der Waals surface area contributed by atoms with E-state index in [2.05, 4.69) is 34.7 Å². The molecule has 1 amide bonds. The SMILES string of the molecule is O=C(Cc1ccc(F)cc1)Nc1ccnn1Cc1cccc2ccccc12. The number of hydrogen-bond donors (Lipinski definition) is 1. The molecule has 0 bridgehead atoms. The molecule has 0 radical (unpaired) electrons. The molecule has 4 rings (SSSR count). The van der Waals surface area contributed by atoms with E-state index in [0.29, 0.717) is 12.4 Å². The molecule has 0 aliphatic heterocycles. The van der Waals surface area contributed by atoms with Crippen molar-refractivity contribution in [3.05, 3.63) is 95.9 Å². The van der Waals surface area contributed by atoms with Gasteiger partial charge in [0.15, 0.2) is 0 Å². The number of carbonyl (C=O) groups excluding carboxylic acids is 1. The van der Waals surface area contributed by atoms with Crippen LogP contribution in [0.25, 0.3) is 10.8 Å². The molecule has 0 aliphatic carbocycles. The molecule has 1 aromatic heterocycles. The highest BCUT2D eigenvalue weighted by Crippen LogP contribution is 2.20. The van der Waals surface area contributed by atoms with E-state index >= 15 is 0 Å². The van der Waals surface area contributed by atoms with Gasteiger partial charge in [0, 0.05) is 6.07 Å². The first-order valence-corrected chi connectivity index (χ1v) is 8.72. The molecular weight excluding hydrogens is 341 g/mol. The van der Waals surface area contributed by atoms with E-state index in [0.717, 1.165) is 11.1 Å². The summed E-state index contributed by atoms with van der Waals surface area (Å²) in [6.07, 6.45) is 1.85. The lowest BCUT2D eigenvalue weighted by molar-refractivity contribution is -0.115. The molecule has 27 heavy (non-hydrogen) atoms. The molecular formula is C22H18FN3O. The normalized spacial score (nSPS) is 10.9. The summed E-state index contributed by atoms with van der Waals surface area (Å²) < 4.78 is 14.8. The van der Waals surface area contributed by atoms with E-state index in [1.54, 1.807) is 29.1 Å². The van der Waals surface area contributed by atoms with Gasteiger partial charge in [-0.1, -0.05) is 54.6 Å². The zero-order chi connectivity index (χ0) is 18.6. The third-order valence-corrected chi connectivity index (χ3v) is 4.46. The number of halogens is 1. The number of amides is 1. The number of benzene rings is 3. The smallest absolute Gasteiger partial charge is 0.229 e. The van der Waals surface area contributed by atoms with Crippen molar-refractivity contribution < 1.29 is 9.18 Å². The first kappa shape index (κ1) is 17.0. The van der Waals surface area contributed by atoms with Crippen LogP contribution in [-0.2, 0) is 17.8 Å². The Balaban J connectivity index is 1.51. The second kappa shape index (κ2) is 7.41. The fourth-order valence-corrected chi connectivity index (χ4v) is 3.13. The van der Waals surface area contributed by atoms with Gasteiger partial charge in [-0.25, -0.2) is 9.07 Å². The largest absolute Gasteiger partial charge is 0.311 e. The van der Waals surface area contributed by atoms with Gasteiger partial charge in [-0.15, -0.1) is 0 Å². The molecule has 3 aromatic carbocycles. The second-order valence-corrected chi connectivity index (χ2v) is 6.36. The molecule has 5 heteroatoms. The minimum atomic E-state index is -0.313. The van der Waals surface area contributed by atoms with Gasteiger partial charge in [-0.3, -0.25) is 4.79 Å². The van der Waals surface area contributed by atoms with E-state index in [1.165, 1.54) is 22.9 Å². The lowest BCUT2D eigenvalue weighted by atomic mass is 10.0. The molecule has 0 aliphatic rings. The molecule has 134 valence electrons. The summed E-state index contributed by atoms with van der Waals surface area (Å²) in [5.74, 6) is 0.156. The maximum atomic E-state index is 13.0. The van der Waals surface area contributed by atoms with Gasteiger partial charge in [-0.2, -0.15) is 5.10 Å². The fraction of sp³-hybridized carbons (Fsp3) is 0.0909. The Bertz CT molecular complexity index is 1080. The fourth-order valence-electron chi connectivity index (χ4n) is 3.13. The van der Waals surface area contributed by atoms with Crippen LogP contribution < -0.4 is 5.32 Å². The highest BCUT2D eigenvalue weighted by molar-refractivity contribution is 5.91. The summed E-state index contributed by atoms with van der Waals surface area (Å²) in [5, 5.41) is 9.57. The number of rotatable bonds is 5. The standard InChI is InChI=1S/C22H18FN3O/c23-19-10-8-16(9-11-19)14-22(27)25-21-12-13-24-26(21)15-18-6-3-5-17-4-1-2-7-20(17)18/h1-13H,14-15H2,(H,25,27). The van der Waals surface area contributed by atoms with Crippen molar-refractivity contribution in [3.8, 4) is 0 Å². The third-order valence-electron chi connectivity index (χ3n) is 4.46. The maximum absolute atomic E-state index is 13.0. The topological polar surface area (TPSA) is 46.9 Å². The van der Waals surface area contributed by atoms with E-state index in [4.69, 9.17) is 0 Å². The number of nitrogens with zero attached hydrogens (tertiary/aromatic N) is 2. The van der Waals surface area contributed by atoms with Crippen LogP contribution in [0, 0.1) is 5.82 Å². The van der Waals surface area contributed by atoms with Crippen molar-refractivity contribution in [3.63, 3.8) is 0 Å². The molecule has 0 atom stereocenters. The number of carbonyl (C=O) groups is 1. The molecule has 0 saturated carbocycles. The average molecular weight is 359 g/mol. The molecule has 1 N–H and O–H groups in total. The molecule has 0 fully saturated rings. The average Bonchev–Trinajstić information content (AvgIpc) is 3.10. The highest BCUT2D eigenvalue weighted by atomic mass is 19.1. The molecule has 0 unspecified atom stereocenters. The van der Waals surface area contributed by atoms with Crippen LogP contribution in [0.2, 0.25) is 0 Å². The Morgan fingerprint density at radius 3 is 2.59 bits per heavy atom. The summed E-state index contributed by atoms with van der Waals surface area (Å²) in [5.41, 5.74) is 1.89. The second-order valence-electron chi connectivity index (χ2n) is 6.36. The van der Waals surface area contributed by atoms with Crippen molar-refractivity contribution in [1.82, 2.24) is 9.78 Å². The Labute approximate surface area is 156 Å². The summed E-state index contributed by atoms with van der Waals surface area (Å²) in [6, 6.07) is 22.1. The third kappa shape index (κ3) is 3.87. The van der Waals surface area contributed by atoms with Gasteiger partial charge >= 0.3 is 0 Å². The number of fused-ring (bicyclic) bond motifs is 1. The first-order valence-electron chi connectivity index (χ1n) is 8.72. The summed E-state index contributed by atoms with van der Waals surface area (Å²) >= 11 is 0. The van der Waals surface area contributed by atoms with Crippen LogP contribution in [0.15, 0.2) is 79.0 Å². The molecule has 0 saturated heterocycles. The van der Waals surface area contributed by atoms with E-state index in [9.17, 15) is 9.18 Å². The van der Waals surface area contributed by atoms with Crippen molar-refractivity contribution in [1.29, 1.82) is 0 Å². The summed E-state index contributed by atoms with van der Waals surface area (Å²) in [7, 11) is 0. The number of aromatic nitrogens is 2. The highest BCUT2D eigenvalue weighted by Gasteiger charge is 2.10. The number of anilines is 1. The van der Waals surface area contributed by atoms with Crippen molar-refractivity contribution in [2.45, 2.75) is 13.0 Å². The Morgan fingerprint density at radius 2 is 1.74 bits per heavy atom. The zero-order valence-electron chi connectivity index (χ0n) is 14.6. The predicted molar refractivity (Wildman–Crippen MR) is 104 cm³/mol. The molecule has 0 spiro atoms. The van der Waals surface area contributed by atoms with Crippen LogP contribution >= 0.6 is 0 Å². The van der Waals surface area contributed by atoms with Crippen LogP contribution in [0.3, 0.4) is 0 Å². The number of hydrogen-bond acceptors (Lipinski definition) is 2. The molecule has 1 heterocycles. The minimum Gasteiger partial charge on any atom is -0.311 e. The van der Waals surface area contributed by atoms with Gasteiger partial charge in [0.1, 0.15) is 11.6 Å². The Morgan fingerprint density at radius 1 is 0.963 bits per heavy atom. The first-order chi connectivity index (χ1) is 13.2. The molecule has 4 aromatic rings. The lowest BCUT2D eigenvalue weighted by Gasteiger charge is -2.11. The summed E-state index contributed by atoms with van der Waals surface area (Å²) in [6.45, 7) is 0.556. The predicted octanol–water partition coefficient (Wildman–Crippen LogP) is 4.40.